The monoisotopic (exact) mass is 1090 g/mol. The van der Waals surface area contributed by atoms with Crippen molar-refractivity contribution < 1.29 is 37.8 Å². The number of amides is 4. The third kappa shape index (κ3) is 12.9. The van der Waals surface area contributed by atoms with Crippen molar-refractivity contribution in [3.8, 4) is 21.6 Å². The zero-order valence-electron chi connectivity index (χ0n) is 45.0. The first-order valence-electron chi connectivity index (χ1n) is 27.0. The highest BCUT2D eigenvalue weighted by atomic mass is 32.2. The molecule has 0 spiro atoms. The van der Waals surface area contributed by atoms with E-state index in [1.165, 1.54) is 4.90 Å². The highest BCUT2D eigenvalue weighted by Crippen LogP contribution is 2.49. The van der Waals surface area contributed by atoms with Crippen LogP contribution in [0.3, 0.4) is 0 Å². The van der Waals surface area contributed by atoms with Gasteiger partial charge >= 0.3 is 0 Å². The number of aryl methyl sites for hydroxylation is 4. The Hall–Kier alpha value is -6.76. The van der Waals surface area contributed by atoms with E-state index in [2.05, 4.69) is 26.3 Å². The Balaban J connectivity index is 0.728. The second kappa shape index (κ2) is 24.1. The zero-order chi connectivity index (χ0) is 55.3. The fraction of sp³-hybridized carbons (Fsp3) is 0.393. The SMILES string of the molecule is Cc1ccc(S(=O)(=O)N2CC[C@@H]3[C@H](CO)Nc4ccc(-c5cccc(NC(=O)CCCc6ccc(CCCC(=O)N[C@H](C(=O)N7C[C@H](O)C[C@H]7C(=O)NCc7ccc(-c8scnc8C)cc7)C(C)(C)C)cc6)c5)cc4[C@@H]32)cc1. The number of carbonyl (C=O) groups is 4. The van der Waals surface area contributed by atoms with Crippen LogP contribution < -0.4 is 21.3 Å². The third-order valence-electron chi connectivity index (χ3n) is 15.4. The molecular weight excluding hydrogens is 1020 g/mol. The van der Waals surface area contributed by atoms with Crippen LogP contribution in [-0.2, 0) is 48.6 Å². The molecule has 15 nitrogen and oxygen atoms in total. The summed E-state index contributed by atoms with van der Waals surface area (Å²) in [5.41, 5.74) is 11.3. The number of fused-ring (bicyclic) bond motifs is 3. The van der Waals surface area contributed by atoms with Crippen molar-refractivity contribution in [2.24, 2.45) is 11.3 Å². The summed E-state index contributed by atoms with van der Waals surface area (Å²) in [5, 5.41) is 33.4. The van der Waals surface area contributed by atoms with E-state index in [0.717, 1.165) is 60.8 Å². The second-order valence-electron chi connectivity index (χ2n) is 22.2. The number of benzene rings is 5. The molecule has 0 unspecified atom stereocenters. The van der Waals surface area contributed by atoms with Gasteiger partial charge in [-0.15, -0.1) is 11.3 Å². The molecule has 4 heterocycles. The molecule has 9 rings (SSSR count). The van der Waals surface area contributed by atoms with Crippen molar-refractivity contribution in [1.29, 1.82) is 0 Å². The third-order valence-corrected chi connectivity index (χ3v) is 18.3. The normalized spacial score (nSPS) is 19.6. The van der Waals surface area contributed by atoms with E-state index in [0.29, 0.717) is 50.8 Å². The van der Waals surface area contributed by atoms with E-state index in [9.17, 15) is 37.8 Å². The highest BCUT2D eigenvalue weighted by Gasteiger charge is 2.49. The maximum atomic E-state index is 14.1. The molecule has 1 aromatic heterocycles. The topological polar surface area (TPSA) is 210 Å². The molecule has 0 aliphatic carbocycles. The number of thiazole rings is 1. The Labute approximate surface area is 461 Å². The lowest BCUT2D eigenvalue weighted by Crippen LogP contribution is -2.57. The second-order valence-corrected chi connectivity index (χ2v) is 24.9. The largest absolute Gasteiger partial charge is 0.394 e. The summed E-state index contributed by atoms with van der Waals surface area (Å²) in [5.74, 6) is -1.24. The fourth-order valence-corrected chi connectivity index (χ4v) is 13.6. The standard InChI is InChI=1S/C61H71N7O8S2/c1-38-15-26-48(27-16-38)78(75,76)68-30-29-49-52(36-69)65-51-28-25-45(32-50(51)56(49)68)44-11-8-12-46(31-44)64-54(71)13-6-9-40-17-19-41(20-18-40)10-7-14-55(72)66-58(61(3,4)5)60(74)67-35-47(70)33-53(67)59(73)62-34-42-21-23-43(24-22-42)57-39(2)63-37-77-57/h8,11-12,15-28,31-32,37,47,49,52-53,56,58,65,69-70H,6-7,9-10,13-14,29-30,33-36H2,1-5H3,(H,62,73)(H,64,71)(H,66,72)/t47-,49-,52+,53+,56-,58-/m1/s1. The van der Waals surface area contributed by atoms with Gasteiger partial charge in [0.05, 0.1) is 45.8 Å². The zero-order valence-corrected chi connectivity index (χ0v) is 46.6. The summed E-state index contributed by atoms with van der Waals surface area (Å²) >= 11 is 1.57. The number of nitrogens with one attached hydrogen (secondary N) is 4. The fourth-order valence-electron chi connectivity index (χ4n) is 11.1. The number of carbonyl (C=O) groups excluding carboxylic acids is 4. The first-order chi connectivity index (χ1) is 37.4. The highest BCUT2D eigenvalue weighted by molar-refractivity contribution is 7.89. The average Bonchev–Trinajstić information content (AvgIpc) is 4.38. The minimum atomic E-state index is -3.81. The van der Waals surface area contributed by atoms with Gasteiger partial charge in [0, 0.05) is 56.2 Å². The van der Waals surface area contributed by atoms with Crippen molar-refractivity contribution in [3.05, 3.63) is 154 Å². The van der Waals surface area contributed by atoms with Crippen molar-refractivity contribution in [2.45, 2.75) is 128 Å². The lowest BCUT2D eigenvalue weighted by molar-refractivity contribution is -0.144. The molecule has 6 N–H and O–H groups in total. The predicted molar refractivity (Wildman–Crippen MR) is 305 cm³/mol. The van der Waals surface area contributed by atoms with E-state index >= 15 is 0 Å². The lowest BCUT2D eigenvalue weighted by atomic mass is 9.82. The molecule has 410 valence electrons. The number of anilines is 2. The lowest BCUT2D eigenvalue weighted by Gasteiger charge is -2.39. The Kier molecular flexibility index (Phi) is 17.3. The summed E-state index contributed by atoms with van der Waals surface area (Å²) in [6, 6.07) is 34.1. The molecule has 6 atom stereocenters. The number of aliphatic hydroxyl groups excluding tert-OH is 2. The number of rotatable bonds is 19. The molecule has 3 aliphatic heterocycles. The number of likely N-dealkylation sites (tertiary alicyclic amines) is 1. The van der Waals surface area contributed by atoms with Crippen LogP contribution in [0, 0.1) is 25.2 Å². The molecule has 4 amide bonds. The van der Waals surface area contributed by atoms with E-state index in [4.69, 9.17) is 0 Å². The summed E-state index contributed by atoms with van der Waals surface area (Å²) in [7, 11) is -3.81. The van der Waals surface area contributed by atoms with Gasteiger partial charge in [0.1, 0.15) is 12.1 Å². The minimum absolute atomic E-state index is 0.000796. The summed E-state index contributed by atoms with van der Waals surface area (Å²) in [4.78, 5) is 61.4. The van der Waals surface area contributed by atoms with E-state index in [-0.39, 0.29) is 67.1 Å². The van der Waals surface area contributed by atoms with Crippen LogP contribution in [-0.4, -0.2) is 100 Å². The smallest absolute Gasteiger partial charge is 0.246 e. The van der Waals surface area contributed by atoms with E-state index in [1.807, 2.05) is 131 Å². The molecule has 0 saturated carbocycles. The number of sulfonamides is 1. The van der Waals surface area contributed by atoms with Gasteiger partial charge in [-0.25, -0.2) is 13.4 Å². The van der Waals surface area contributed by atoms with Crippen LogP contribution in [0.25, 0.3) is 21.6 Å². The van der Waals surface area contributed by atoms with Crippen LogP contribution in [0.2, 0.25) is 0 Å². The molecular formula is C61H71N7O8S2. The quantitative estimate of drug-likeness (QED) is 0.0454. The van der Waals surface area contributed by atoms with Crippen LogP contribution in [0.1, 0.15) is 98.8 Å². The van der Waals surface area contributed by atoms with E-state index in [1.54, 1.807) is 39.9 Å². The van der Waals surface area contributed by atoms with Crippen molar-refractivity contribution >= 4 is 56.4 Å². The van der Waals surface area contributed by atoms with Gasteiger partial charge in [-0.05, 0) is 127 Å². The Morgan fingerprint density at radius 3 is 2.13 bits per heavy atom. The Morgan fingerprint density at radius 1 is 0.821 bits per heavy atom. The average molecular weight is 1090 g/mol. The molecule has 6 aromatic rings. The molecule has 2 fully saturated rings. The molecule has 3 aliphatic rings. The predicted octanol–water partition coefficient (Wildman–Crippen LogP) is 8.73. The van der Waals surface area contributed by atoms with Crippen LogP contribution in [0.4, 0.5) is 11.4 Å². The van der Waals surface area contributed by atoms with Gasteiger partial charge in [0.25, 0.3) is 0 Å². The van der Waals surface area contributed by atoms with Gasteiger partial charge in [0.2, 0.25) is 33.7 Å². The van der Waals surface area contributed by atoms with Gasteiger partial charge in [0.15, 0.2) is 0 Å². The number of aromatic nitrogens is 1. The Bertz CT molecular complexity index is 3230. The molecule has 0 bridgehead atoms. The van der Waals surface area contributed by atoms with Crippen molar-refractivity contribution in [3.63, 3.8) is 0 Å². The number of aliphatic hydroxyl groups is 2. The minimum Gasteiger partial charge on any atom is -0.394 e. The number of hydrogen-bond acceptors (Lipinski definition) is 11. The van der Waals surface area contributed by atoms with Crippen LogP contribution in [0.15, 0.2) is 126 Å². The van der Waals surface area contributed by atoms with Gasteiger partial charge < -0.3 is 36.4 Å². The molecule has 0 radical (unpaired) electrons. The maximum Gasteiger partial charge on any atom is 0.246 e. The Morgan fingerprint density at radius 2 is 1.47 bits per heavy atom. The number of nitrogens with zero attached hydrogens (tertiary/aromatic N) is 3. The van der Waals surface area contributed by atoms with Crippen molar-refractivity contribution in [2.75, 3.05) is 30.3 Å². The molecule has 17 heteroatoms. The molecule has 2 saturated heterocycles. The van der Waals surface area contributed by atoms with Crippen LogP contribution in [0.5, 0.6) is 0 Å². The number of hydrogen-bond donors (Lipinski definition) is 6. The summed E-state index contributed by atoms with van der Waals surface area (Å²) < 4.78 is 29.7. The van der Waals surface area contributed by atoms with Gasteiger partial charge in [-0.1, -0.05) is 105 Å². The first kappa shape index (κ1) is 56.0. The first-order valence-corrected chi connectivity index (χ1v) is 29.3. The summed E-state index contributed by atoms with van der Waals surface area (Å²) in [6.07, 6.45) is 2.94. The molecule has 78 heavy (non-hydrogen) atoms. The molecule has 5 aromatic carbocycles. The summed E-state index contributed by atoms with van der Waals surface area (Å²) in [6.45, 7) is 10.0. The van der Waals surface area contributed by atoms with Gasteiger partial charge in [-0.3, -0.25) is 19.2 Å². The van der Waals surface area contributed by atoms with Crippen LogP contribution >= 0.6 is 11.3 Å². The number of β-amino-alcohol motifs (C(OH)–C–C–N with tert-alkyl or cyclic N) is 1. The maximum absolute atomic E-state index is 14.1. The van der Waals surface area contributed by atoms with Crippen molar-refractivity contribution in [1.82, 2.24) is 24.8 Å². The van der Waals surface area contributed by atoms with Gasteiger partial charge in [-0.2, -0.15) is 4.31 Å². The van der Waals surface area contributed by atoms with E-state index < -0.39 is 45.6 Å².